The minimum atomic E-state index is 0.499. The lowest BCUT2D eigenvalue weighted by molar-refractivity contribution is 0.204. The zero-order chi connectivity index (χ0) is 13.0. The van der Waals surface area contributed by atoms with Crippen LogP contribution < -0.4 is 0 Å². The molecule has 0 amide bonds. The molecule has 0 atom stereocenters. The van der Waals surface area contributed by atoms with Gasteiger partial charge >= 0.3 is 0 Å². The number of nitrogens with zero attached hydrogens (tertiary/aromatic N) is 1. The van der Waals surface area contributed by atoms with E-state index < -0.39 is 0 Å². The lowest BCUT2D eigenvalue weighted by Gasteiger charge is -2.32. The minimum Gasteiger partial charge on any atom is -0.261 e. The second kappa shape index (κ2) is 5.86. The van der Waals surface area contributed by atoms with Crippen LogP contribution in [0.15, 0.2) is 24.4 Å². The molecule has 0 saturated heterocycles. The van der Waals surface area contributed by atoms with E-state index in [0.29, 0.717) is 5.41 Å². The van der Waals surface area contributed by atoms with Gasteiger partial charge in [-0.25, -0.2) is 0 Å². The summed E-state index contributed by atoms with van der Waals surface area (Å²) in [4.78, 5) is 4.45. The van der Waals surface area contributed by atoms with E-state index in [9.17, 15) is 0 Å². The molecule has 1 aliphatic rings. The van der Waals surface area contributed by atoms with Crippen LogP contribution in [0.3, 0.4) is 0 Å². The van der Waals surface area contributed by atoms with E-state index in [0.717, 1.165) is 11.8 Å². The summed E-state index contributed by atoms with van der Waals surface area (Å²) < 4.78 is 0. The van der Waals surface area contributed by atoms with E-state index in [4.69, 9.17) is 0 Å². The van der Waals surface area contributed by atoms with Crippen molar-refractivity contribution in [3.63, 3.8) is 0 Å². The van der Waals surface area contributed by atoms with Crippen LogP contribution in [0.25, 0.3) is 0 Å². The lowest BCUT2D eigenvalue weighted by atomic mass is 9.74. The molecular formula is C17H27N. The second-order valence-corrected chi connectivity index (χ2v) is 7.18. The highest BCUT2D eigenvalue weighted by Crippen LogP contribution is 2.37. The Balaban J connectivity index is 1.77. The first-order valence-electron chi connectivity index (χ1n) is 7.43. The highest BCUT2D eigenvalue weighted by molar-refractivity contribution is 5.04. The van der Waals surface area contributed by atoms with Gasteiger partial charge in [-0.15, -0.1) is 0 Å². The van der Waals surface area contributed by atoms with Crippen LogP contribution in [0.4, 0.5) is 0 Å². The number of pyridine rings is 1. The van der Waals surface area contributed by atoms with Gasteiger partial charge in [0.25, 0.3) is 0 Å². The monoisotopic (exact) mass is 245 g/mol. The number of hydrogen-bond donors (Lipinski definition) is 0. The van der Waals surface area contributed by atoms with E-state index in [1.165, 1.54) is 44.2 Å². The van der Waals surface area contributed by atoms with Crippen LogP contribution in [0.1, 0.15) is 58.6 Å². The van der Waals surface area contributed by atoms with Gasteiger partial charge in [0, 0.05) is 11.9 Å². The molecule has 0 spiro atoms. The average Bonchev–Trinajstić information content (AvgIpc) is 2.31. The normalized spacial score (nSPS) is 25.1. The summed E-state index contributed by atoms with van der Waals surface area (Å²) in [7, 11) is 0. The molecule has 1 aromatic heterocycles. The number of aromatic nitrogens is 1. The third-order valence-electron chi connectivity index (χ3n) is 4.09. The van der Waals surface area contributed by atoms with Gasteiger partial charge in [-0.3, -0.25) is 4.98 Å². The van der Waals surface area contributed by atoms with Crippen LogP contribution in [0.5, 0.6) is 0 Å². The highest BCUT2D eigenvalue weighted by atomic mass is 14.7. The molecule has 0 radical (unpaired) electrons. The topological polar surface area (TPSA) is 12.9 Å². The molecule has 1 aliphatic carbocycles. The average molecular weight is 245 g/mol. The van der Waals surface area contributed by atoms with Crippen molar-refractivity contribution >= 4 is 0 Å². The second-order valence-electron chi connectivity index (χ2n) is 7.18. The smallest absolute Gasteiger partial charge is 0.0406 e. The Hall–Kier alpha value is -0.850. The fraction of sp³-hybridized carbons (Fsp3) is 0.706. The maximum atomic E-state index is 4.45. The zero-order valence-electron chi connectivity index (χ0n) is 12.2. The van der Waals surface area contributed by atoms with Gasteiger partial charge in [-0.2, -0.15) is 0 Å². The van der Waals surface area contributed by atoms with Crippen molar-refractivity contribution in [2.75, 3.05) is 0 Å². The molecule has 0 aliphatic heterocycles. The first-order chi connectivity index (χ1) is 8.53. The Labute approximate surface area is 112 Å². The number of hydrogen-bond acceptors (Lipinski definition) is 1. The largest absolute Gasteiger partial charge is 0.261 e. The fourth-order valence-corrected chi connectivity index (χ4v) is 3.32. The van der Waals surface area contributed by atoms with Crippen LogP contribution in [-0.4, -0.2) is 4.98 Å². The summed E-state index contributed by atoms with van der Waals surface area (Å²) >= 11 is 0. The van der Waals surface area contributed by atoms with Gasteiger partial charge in [0.1, 0.15) is 0 Å². The summed E-state index contributed by atoms with van der Waals surface area (Å²) in [6, 6.07) is 6.28. The molecule has 1 fully saturated rings. The Bertz CT molecular complexity index is 342. The Kier molecular flexibility index (Phi) is 4.42. The van der Waals surface area contributed by atoms with Gasteiger partial charge in [-0.05, 0) is 55.1 Å². The number of rotatable bonds is 3. The van der Waals surface area contributed by atoms with Crippen molar-refractivity contribution in [1.29, 1.82) is 0 Å². The molecule has 100 valence electrons. The van der Waals surface area contributed by atoms with Crippen molar-refractivity contribution in [3.05, 3.63) is 30.1 Å². The first-order valence-corrected chi connectivity index (χ1v) is 7.43. The molecule has 0 unspecified atom stereocenters. The molecule has 2 rings (SSSR count). The lowest BCUT2D eigenvalue weighted by Crippen LogP contribution is -2.21. The third kappa shape index (κ3) is 4.44. The van der Waals surface area contributed by atoms with Gasteiger partial charge in [0.2, 0.25) is 0 Å². The fourth-order valence-electron chi connectivity index (χ4n) is 3.32. The molecule has 0 N–H and O–H groups in total. The Morgan fingerprint density at radius 3 is 2.28 bits per heavy atom. The van der Waals surface area contributed by atoms with E-state index in [1.807, 2.05) is 12.3 Å². The highest BCUT2D eigenvalue weighted by Gasteiger charge is 2.25. The van der Waals surface area contributed by atoms with E-state index >= 15 is 0 Å². The third-order valence-corrected chi connectivity index (χ3v) is 4.09. The van der Waals surface area contributed by atoms with Crippen molar-refractivity contribution in [1.82, 2.24) is 4.98 Å². The minimum absolute atomic E-state index is 0.499. The molecule has 1 nitrogen and oxygen atoms in total. The van der Waals surface area contributed by atoms with Gasteiger partial charge in [-0.1, -0.05) is 39.7 Å². The maximum absolute atomic E-state index is 4.45. The molecule has 0 bridgehead atoms. The van der Waals surface area contributed by atoms with Gasteiger partial charge < -0.3 is 0 Å². The molecule has 1 heterocycles. The summed E-state index contributed by atoms with van der Waals surface area (Å²) in [5.41, 5.74) is 1.77. The Morgan fingerprint density at radius 1 is 1.06 bits per heavy atom. The predicted molar refractivity (Wildman–Crippen MR) is 77.5 cm³/mol. The van der Waals surface area contributed by atoms with Gasteiger partial charge in [0.15, 0.2) is 0 Å². The van der Waals surface area contributed by atoms with Crippen LogP contribution >= 0.6 is 0 Å². The Morgan fingerprint density at radius 2 is 1.72 bits per heavy atom. The SMILES string of the molecule is CC(C)(C)CC1CCC(Cc2ccccn2)CC1. The standard InChI is InChI=1S/C17H27N/c1-17(2,3)13-15-9-7-14(8-10-15)12-16-6-4-5-11-18-16/h4-6,11,14-15H,7-10,12-13H2,1-3H3. The molecule has 1 aromatic rings. The van der Waals surface area contributed by atoms with Crippen molar-refractivity contribution in [3.8, 4) is 0 Å². The van der Waals surface area contributed by atoms with Crippen molar-refractivity contribution in [2.24, 2.45) is 17.3 Å². The molecular weight excluding hydrogens is 218 g/mol. The summed E-state index contributed by atoms with van der Waals surface area (Å²) in [5, 5.41) is 0. The van der Waals surface area contributed by atoms with E-state index in [-0.39, 0.29) is 0 Å². The molecule has 1 heteroatoms. The van der Waals surface area contributed by atoms with Crippen molar-refractivity contribution in [2.45, 2.75) is 59.3 Å². The molecule has 1 saturated carbocycles. The maximum Gasteiger partial charge on any atom is 0.0406 e. The van der Waals surface area contributed by atoms with Gasteiger partial charge in [0.05, 0.1) is 0 Å². The summed E-state index contributed by atoms with van der Waals surface area (Å²) in [6.45, 7) is 7.10. The van der Waals surface area contributed by atoms with Crippen molar-refractivity contribution < 1.29 is 0 Å². The van der Waals surface area contributed by atoms with Crippen LogP contribution in [0, 0.1) is 17.3 Å². The predicted octanol–water partition coefficient (Wildman–Crippen LogP) is 4.87. The first kappa shape index (κ1) is 13.6. The summed E-state index contributed by atoms with van der Waals surface area (Å²) in [5.74, 6) is 1.83. The van der Waals surface area contributed by atoms with E-state index in [1.54, 1.807) is 0 Å². The quantitative estimate of drug-likeness (QED) is 0.740. The van der Waals surface area contributed by atoms with Crippen LogP contribution in [-0.2, 0) is 6.42 Å². The molecule has 0 aromatic carbocycles. The molecule has 18 heavy (non-hydrogen) atoms. The van der Waals surface area contributed by atoms with E-state index in [2.05, 4.69) is 37.9 Å². The zero-order valence-corrected chi connectivity index (χ0v) is 12.2. The van der Waals surface area contributed by atoms with Crippen LogP contribution in [0.2, 0.25) is 0 Å². The summed E-state index contributed by atoms with van der Waals surface area (Å²) in [6.07, 6.45) is 10.1.